The molecule has 164 valence electrons. The van der Waals surface area contributed by atoms with Crippen LogP contribution in [0.1, 0.15) is 47.6 Å². The van der Waals surface area contributed by atoms with E-state index in [1.165, 1.54) is 10.4 Å². The number of carbonyl (C=O) groups excluding carboxylic acids is 1. The van der Waals surface area contributed by atoms with Gasteiger partial charge in [-0.1, -0.05) is 18.9 Å². The third-order valence-corrected chi connectivity index (χ3v) is 7.32. The number of furan rings is 2. The van der Waals surface area contributed by atoms with Gasteiger partial charge in [-0.15, -0.1) is 0 Å². The van der Waals surface area contributed by atoms with Crippen molar-refractivity contribution in [1.29, 1.82) is 0 Å². The van der Waals surface area contributed by atoms with Crippen molar-refractivity contribution in [3.8, 4) is 0 Å². The molecule has 7 nitrogen and oxygen atoms in total. The summed E-state index contributed by atoms with van der Waals surface area (Å²) < 4.78 is 38.7. The largest absolute Gasteiger partial charge is 0.467 e. The van der Waals surface area contributed by atoms with Gasteiger partial charge >= 0.3 is 0 Å². The van der Waals surface area contributed by atoms with Crippen LogP contribution in [0.3, 0.4) is 0 Å². The number of rotatable bonds is 7. The second-order valence-electron chi connectivity index (χ2n) is 7.67. The van der Waals surface area contributed by atoms with E-state index < -0.39 is 10.0 Å². The SMILES string of the molecule is O=C(c1cccc(S(=O)(=O)N2CCCCCC2)c1)N(Cc1ccco1)Cc1ccco1. The van der Waals surface area contributed by atoms with E-state index in [1.54, 1.807) is 59.9 Å². The van der Waals surface area contributed by atoms with Crippen molar-refractivity contribution >= 4 is 15.9 Å². The van der Waals surface area contributed by atoms with Crippen LogP contribution in [0.25, 0.3) is 0 Å². The van der Waals surface area contributed by atoms with Gasteiger partial charge in [0.2, 0.25) is 10.0 Å². The van der Waals surface area contributed by atoms with Gasteiger partial charge in [0.05, 0.1) is 30.5 Å². The zero-order chi connectivity index (χ0) is 21.7. The molecule has 3 aromatic rings. The molecule has 1 aliphatic heterocycles. The zero-order valence-corrected chi connectivity index (χ0v) is 18.1. The van der Waals surface area contributed by atoms with Crippen LogP contribution in [-0.4, -0.2) is 36.6 Å². The highest BCUT2D eigenvalue weighted by molar-refractivity contribution is 7.89. The van der Waals surface area contributed by atoms with Crippen molar-refractivity contribution in [3.63, 3.8) is 0 Å². The molecule has 0 radical (unpaired) electrons. The van der Waals surface area contributed by atoms with Gasteiger partial charge in [0.15, 0.2) is 0 Å². The highest BCUT2D eigenvalue weighted by Gasteiger charge is 2.27. The molecule has 4 rings (SSSR count). The molecule has 31 heavy (non-hydrogen) atoms. The normalized spacial score (nSPS) is 15.5. The Balaban J connectivity index is 1.60. The maximum atomic E-state index is 13.3. The predicted molar refractivity (Wildman–Crippen MR) is 115 cm³/mol. The molecule has 0 spiro atoms. The van der Waals surface area contributed by atoms with Crippen molar-refractivity contribution in [1.82, 2.24) is 9.21 Å². The minimum atomic E-state index is -3.64. The minimum Gasteiger partial charge on any atom is -0.467 e. The molecular weight excluding hydrogens is 416 g/mol. The summed E-state index contributed by atoms with van der Waals surface area (Å²) in [5.41, 5.74) is 0.314. The molecule has 0 saturated carbocycles. The molecule has 0 bridgehead atoms. The Hall–Kier alpha value is -2.84. The molecule has 1 aliphatic rings. The molecule has 8 heteroatoms. The predicted octanol–water partition coefficient (Wildman–Crippen LogP) is 4.28. The number of benzene rings is 1. The summed E-state index contributed by atoms with van der Waals surface area (Å²) >= 11 is 0. The lowest BCUT2D eigenvalue weighted by Crippen LogP contribution is -2.33. The molecule has 1 aromatic carbocycles. The van der Waals surface area contributed by atoms with Gasteiger partial charge in [-0.3, -0.25) is 4.79 Å². The van der Waals surface area contributed by atoms with Crippen LogP contribution in [-0.2, 0) is 23.1 Å². The first-order valence-corrected chi connectivity index (χ1v) is 11.9. The topological polar surface area (TPSA) is 84.0 Å². The second-order valence-corrected chi connectivity index (χ2v) is 9.60. The van der Waals surface area contributed by atoms with Crippen LogP contribution in [0.15, 0.2) is 74.8 Å². The molecule has 0 aliphatic carbocycles. The average molecular weight is 443 g/mol. The summed E-state index contributed by atoms with van der Waals surface area (Å²) in [6.07, 6.45) is 6.91. The first-order valence-electron chi connectivity index (χ1n) is 10.5. The van der Waals surface area contributed by atoms with Gasteiger partial charge in [-0.05, 0) is 55.3 Å². The lowest BCUT2D eigenvalue weighted by atomic mass is 10.2. The van der Waals surface area contributed by atoms with E-state index in [9.17, 15) is 13.2 Å². The third kappa shape index (κ3) is 5.08. The van der Waals surface area contributed by atoms with Crippen LogP contribution in [0.4, 0.5) is 0 Å². The molecule has 2 aromatic heterocycles. The maximum Gasteiger partial charge on any atom is 0.254 e. The van der Waals surface area contributed by atoms with Crippen molar-refractivity contribution in [2.75, 3.05) is 13.1 Å². The summed E-state index contributed by atoms with van der Waals surface area (Å²) in [5, 5.41) is 0. The molecule has 1 amide bonds. The average Bonchev–Trinajstić information content (AvgIpc) is 3.41. The molecule has 1 fully saturated rings. The molecule has 0 atom stereocenters. The standard InChI is InChI=1S/C23H26N2O5S/c26-23(24(17-20-9-6-14-29-20)18-21-10-7-15-30-21)19-8-5-11-22(16-19)31(27,28)25-12-3-1-2-4-13-25/h5-11,14-16H,1-4,12-13,17-18H2. The maximum absolute atomic E-state index is 13.3. The number of nitrogens with zero attached hydrogens (tertiary/aromatic N) is 2. The smallest absolute Gasteiger partial charge is 0.254 e. The number of hydrogen-bond donors (Lipinski definition) is 0. The Kier molecular flexibility index (Phi) is 6.58. The van der Waals surface area contributed by atoms with Gasteiger partial charge in [0, 0.05) is 18.7 Å². The van der Waals surface area contributed by atoms with Crippen molar-refractivity contribution in [2.24, 2.45) is 0 Å². The Bertz CT molecular complexity index is 1050. The van der Waals surface area contributed by atoms with Crippen LogP contribution in [0, 0.1) is 0 Å². The quantitative estimate of drug-likeness (QED) is 0.545. The first-order chi connectivity index (χ1) is 15.0. The van der Waals surface area contributed by atoms with Gasteiger partial charge in [-0.2, -0.15) is 4.31 Å². The van der Waals surface area contributed by atoms with Gasteiger partial charge < -0.3 is 13.7 Å². The van der Waals surface area contributed by atoms with E-state index in [-0.39, 0.29) is 23.9 Å². The fraction of sp³-hybridized carbons (Fsp3) is 0.348. The summed E-state index contributed by atoms with van der Waals surface area (Å²) in [6.45, 7) is 1.53. The van der Waals surface area contributed by atoms with Crippen LogP contribution >= 0.6 is 0 Å². The molecule has 0 unspecified atom stereocenters. The Morgan fingerprint density at radius 2 is 1.48 bits per heavy atom. The summed E-state index contributed by atoms with van der Waals surface area (Å²) in [5.74, 6) is 0.974. The van der Waals surface area contributed by atoms with Gasteiger partial charge in [-0.25, -0.2) is 8.42 Å². The van der Waals surface area contributed by atoms with Crippen molar-refractivity contribution < 1.29 is 22.0 Å². The van der Waals surface area contributed by atoms with E-state index in [4.69, 9.17) is 8.83 Å². The number of sulfonamides is 1. The highest BCUT2D eigenvalue weighted by Crippen LogP contribution is 2.22. The van der Waals surface area contributed by atoms with E-state index >= 15 is 0 Å². The van der Waals surface area contributed by atoms with E-state index in [2.05, 4.69) is 0 Å². The fourth-order valence-electron chi connectivity index (χ4n) is 3.78. The zero-order valence-electron chi connectivity index (χ0n) is 17.3. The van der Waals surface area contributed by atoms with E-state index in [0.717, 1.165) is 25.7 Å². The van der Waals surface area contributed by atoms with Crippen molar-refractivity contribution in [2.45, 2.75) is 43.7 Å². The summed E-state index contributed by atoms with van der Waals surface area (Å²) in [6, 6.07) is 13.4. The molecule has 0 N–H and O–H groups in total. The number of amides is 1. The van der Waals surface area contributed by atoms with Crippen LogP contribution in [0.2, 0.25) is 0 Å². The van der Waals surface area contributed by atoms with E-state index in [0.29, 0.717) is 30.2 Å². The number of hydrogen-bond acceptors (Lipinski definition) is 5. The van der Waals surface area contributed by atoms with E-state index in [1.807, 2.05) is 0 Å². The first kappa shape index (κ1) is 21.4. The highest BCUT2D eigenvalue weighted by atomic mass is 32.2. The van der Waals surface area contributed by atoms with Crippen LogP contribution < -0.4 is 0 Å². The van der Waals surface area contributed by atoms with Gasteiger partial charge in [0.25, 0.3) is 5.91 Å². The van der Waals surface area contributed by atoms with Crippen molar-refractivity contribution in [3.05, 3.63) is 78.1 Å². The second kappa shape index (κ2) is 9.53. The Morgan fingerprint density at radius 3 is 2.03 bits per heavy atom. The minimum absolute atomic E-state index is 0.149. The van der Waals surface area contributed by atoms with Crippen LogP contribution in [0.5, 0.6) is 0 Å². The van der Waals surface area contributed by atoms with Gasteiger partial charge in [0.1, 0.15) is 11.5 Å². The monoisotopic (exact) mass is 442 g/mol. The fourth-order valence-corrected chi connectivity index (χ4v) is 5.35. The third-order valence-electron chi connectivity index (χ3n) is 5.42. The molecule has 3 heterocycles. The molecular formula is C23H26N2O5S. The lowest BCUT2D eigenvalue weighted by Gasteiger charge is -2.22. The summed E-state index contributed by atoms with van der Waals surface area (Å²) in [4.78, 5) is 15.1. The molecule has 1 saturated heterocycles. The Labute approximate surface area is 182 Å². The lowest BCUT2D eigenvalue weighted by molar-refractivity contribution is 0.0704. The Morgan fingerprint density at radius 1 is 0.871 bits per heavy atom. The summed E-state index contributed by atoms with van der Waals surface area (Å²) in [7, 11) is -3.64. The number of carbonyl (C=O) groups is 1.